The molecule has 0 atom stereocenters. The largest absolute Gasteiger partial charge is 0.497 e. The topological polar surface area (TPSA) is 47.9 Å². The molecule has 2 heterocycles. The number of thiazole rings is 1. The molecule has 2 aromatic carbocycles. The lowest BCUT2D eigenvalue weighted by atomic mass is 10.1. The highest BCUT2D eigenvalue weighted by atomic mass is 32.2. The monoisotopic (exact) mass is 447 g/mol. The zero-order valence-electron chi connectivity index (χ0n) is 16.0. The molecule has 0 unspecified atom stereocenters. The van der Waals surface area contributed by atoms with Crippen molar-refractivity contribution in [3.05, 3.63) is 64.7 Å². The first-order valence-electron chi connectivity index (χ1n) is 8.92. The van der Waals surface area contributed by atoms with Gasteiger partial charge in [-0.25, -0.2) is 4.98 Å². The summed E-state index contributed by atoms with van der Waals surface area (Å²) in [4.78, 5) is 4.59. The summed E-state index contributed by atoms with van der Waals surface area (Å²) >= 11 is 2.84. The predicted molar refractivity (Wildman–Crippen MR) is 113 cm³/mol. The van der Waals surface area contributed by atoms with Gasteiger partial charge >= 0.3 is 6.18 Å². The van der Waals surface area contributed by atoms with E-state index in [9.17, 15) is 13.2 Å². The number of aryl methyl sites for hydroxylation is 1. The summed E-state index contributed by atoms with van der Waals surface area (Å²) < 4.78 is 45.1. The van der Waals surface area contributed by atoms with Crippen molar-refractivity contribution < 1.29 is 17.9 Å². The molecule has 0 N–H and O–H groups in total. The number of halogens is 3. The summed E-state index contributed by atoms with van der Waals surface area (Å²) in [5, 5.41) is 10.2. The van der Waals surface area contributed by atoms with Gasteiger partial charge in [-0.2, -0.15) is 13.2 Å². The first-order chi connectivity index (χ1) is 14.3. The molecule has 0 saturated heterocycles. The van der Waals surface area contributed by atoms with E-state index in [4.69, 9.17) is 4.74 Å². The van der Waals surface area contributed by atoms with Gasteiger partial charge in [-0.15, -0.1) is 21.5 Å². The second-order valence-corrected chi connectivity index (χ2v) is 8.65. The fourth-order valence-corrected chi connectivity index (χ4v) is 4.82. The van der Waals surface area contributed by atoms with Crippen LogP contribution in [-0.4, -0.2) is 22.3 Å². The van der Waals surface area contributed by atoms with Crippen LogP contribution in [0.3, 0.4) is 0 Å². The van der Waals surface area contributed by atoms with E-state index in [0.717, 1.165) is 27.4 Å². The van der Waals surface area contributed by atoms with E-state index < -0.39 is 11.7 Å². The molecule has 9 heteroatoms. The van der Waals surface area contributed by atoms with Gasteiger partial charge < -0.3 is 4.74 Å². The average Bonchev–Trinajstić information content (AvgIpc) is 3.13. The van der Waals surface area contributed by atoms with Crippen LogP contribution in [0.15, 0.2) is 53.6 Å². The maximum Gasteiger partial charge on any atom is 0.416 e. The molecule has 4 rings (SSSR count). The highest BCUT2D eigenvalue weighted by Gasteiger charge is 2.30. The Morgan fingerprint density at radius 2 is 1.87 bits per heavy atom. The van der Waals surface area contributed by atoms with E-state index in [0.29, 0.717) is 33.3 Å². The molecular formula is C21H16F3N3OS2. The summed E-state index contributed by atoms with van der Waals surface area (Å²) in [5.74, 6) is 1.05. The Bertz CT molecular complexity index is 1210. The molecule has 4 aromatic rings. The van der Waals surface area contributed by atoms with Crippen LogP contribution >= 0.6 is 23.1 Å². The minimum atomic E-state index is -4.36. The van der Waals surface area contributed by atoms with E-state index in [2.05, 4.69) is 15.2 Å². The van der Waals surface area contributed by atoms with E-state index in [-0.39, 0.29) is 0 Å². The van der Waals surface area contributed by atoms with Gasteiger partial charge in [-0.05, 0) is 30.7 Å². The van der Waals surface area contributed by atoms with Crippen molar-refractivity contribution in [2.75, 3.05) is 7.11 Å². The Labute approximate surface area is 179 Å². The fourth-order valence-electron chi connectivity index (χ4n) is 2.97. The normalized spacial score (nSPS) is 11.8. The third kappa shape index (κ3) is 4.27. The fraction of sp³-hybridized carbons (Fsp3) is 0.190. The summed E-state index contributed by atoms with van der Waals surface area (Å²) in [7, 11) is 1.60. The molecule has 0 radical (unpaired) electrons. The van der Waals surface area contributed by atoms with Crippen molar-refractivity contribution in [2.24, 2.45) is 0 Å². The van der Waals surface area contributed by atoms with E-state index >= 15 is 0 Å². The lowest BCUT2D eigenvalue weighted by Gasteiger charge is -2.09. The number of benzene rings is 2. The van der Waals surface area contributed by atoms with E-state index in [1.54, 1.807) is 13.2 Å². The lowest BCUT2D eigenvalue weighted by molar-refractivity contribution is -0.137. The number of hydrogen-bond donors (Lipinski definition) is 0. The average molecular weight is 448 g/mol. The number of hydrogen-bond acceptors (Lipinski definition) is 6. The Kier molecular flexibility index (Phi) is 5.66. The van der Waals surface area contributed by atoms with Crippen LogP contribution < -0.4 is 4.74 Å². The first kappa shape index (κ1) is 20.6. The Hall–Kier alpha value is -2.65. The van der Waals surface area contributed by atoms with Crippen LogP contribution in [0.2, 0.25) is 0 Å². The first-order valence-corrected chi connectivity index (χ1v) is 10.7. The second-order valence-electron chi connectivity index (χ2n) is 6.48. The summed E-state index contributed by atoms with van der Waals surface area (Å²) in [6.07, 6.45) is -4.36. The van der Waals surface area contributed by atoms with Crippen molar-refractivity contribution in [3.8, 4) is 17.0 Å². The number of ether oxygens (including phenoxy) is 1. The number of alkyl halides is 3. The lowest BCUT2D eigenvalue weighted by Crippen LogP contribution is -2.05. The third-order valence-corrected chi connectivity index (χ3v) is 6.37. The van der Waals surface area contributed by atoms with Crippen molar-refractivity contribution >= 4 is 33.3 Å². The maximum atomic E-state index is 13.0. The number of nitrogens with zero attached hydrogens (tertiary/aromatic N) is 3. The molecule has 154 valence electrons. The molecule has 0 aliphatic rings. The number of thioether (sulfide) groups is 1. The zero-order valence-corrected chi connectivity index (χ0v) is 17.7. The molecular weight excluding hydrogens is 431 g/mol. The van der Waals surface area contributed by atoms with Crippen LogP contribution in [0.1, 0.15) is 16.1 Å². The molecule has 4 nitrogen and oxygen atoms in total. The van der Waals surface area contributed by atoms with Gasteiger partial charge in [-0.3, -0.25) is 0 Å². The maximum absolute atomic E-state index is 13.0. The number of methoxy groups -OCH3 is 1. The summed E-state index contributed by atoms with van der Waals surface area (Å²) in [5.41, 5.74) is 2.19. The minimum absolute atomic E-state index is 0.336. The Morgan fingerprint density at radius 1 is 1.07 bits per heavy atom. The van der Waals surface area contributed by atoms with Crippen LogP contribution in [-0.2, 0) is 11.9 Å². The molecule has 0 bridgehead atoms. The number of aromatic nitrogens is 3. The van der Waals surface area contributed by atoms with Gasteiger partial charge in [0.05, 0.1) is 22.4 Å². The van der Waals surface area contributed by atoms with Crippen molar-refractivity contribution in [2.45, 2.75) is 23.9 Å². The molecule has 0 aliphatic carbocycles. The molecule has 0 spiro atoms. The van der Waals surface area contributed by atoms with Crippen LogP contribution in [0.5, 0.6) is 5.75 Å². The van der Waals surface area contributed by atoms with Crippen molar-refractivity contribution in [1.29, 1.82) is 0 Å². The predicted octanol–water partition coefficient (Wildman–Crippen LogP) is 6.38. The second kappa shape index (κ2) is 8.23. The van der Waals surface area contributed by atoms with Gasteiger partial charge in [-0.1, -0.05) is 42.1 Å². The molecule has 0 amide bonds. The van der Waals surface area contributed by atoms with Crippen LogP contribution in [0, 0.1) is 6.92 Å². The SMILES string of the molecule is COc1cccc(-c2nnc(SCc3cccc(C(F)(F)F)c3)c3nc(C)sc23)c1. The smallest absolute Gasteiger partial charge is 0.416 e. The van der Waals surface area contributed by atoms with Gasteiger partial charge in [0.2, 0.25) is 0 Å². The zero-order chi connectivity index (χ0) is 21.3. The third-order valence-electron chi connectivity index (χ3n) is 4.37. The van der Waals surface area contributed by atoms with Crippen molar-refractivity contribution in [3.63, 3.8) is 0 Å². The minimum Gasteiger partial charge on any atom is -0.497 e. The van der Waals surface area contributed by atoms with Gasteiger partial charge in [0.15, 0.2) is 0 Å². The van der Waals surface area contributed by atoms with E-state index in [1.807, 2.05) is 31.2 Å². The highest BCUT2D eigenvalue weighted by molar-refractivity contribution is 7.98. The van der Waals surface area contributed by atoms with Crippen LogP contribution in [0.4, 0.5) is 13.2 Å². The molecule has 2 aromatic heterocycles. The number of rotatable bonds is 5. The summed E-state index contributed by atoms with van der Waals surface area (Å²) in [6, 6.07) is 12.9. The molecule has 30 heavy (non-hydrogen) atoms. The van der Waals surface area contributed by atoms with E-state index in [1.165, 1.54) is 29.2 Å². The number of fused-ring (bicyclic) bond motifs is 1. The Balaban J connectivity index is 1.67. The Morgan fingerprint density at radius 3 is 2.63 bits per heavy atom. The van der Waals surface area contributed by atoms with Crippen molar-refractivity contribution in [1.82, 2.24) is 15.2 Å². The highest BCUT2D eigenvalue weighted by Crippen LogP contribution is 2.37. The molecule has 0 saturated carbocycles. The van der Waals surface area contributed by atoms with Gasteiger partial charge in [0.25, 0.3) is 0 Å². The summed E-state index contributed by atoms with van der Waals surface area (Å²) in [6.45, 7) is 1.90. The quantitative estimate of drug-likeness (QED) is 0.332. The van der Waals surface area contributed by atoms with Gasteiger partial charge in [0.1, 0.15) is 22.0 Å². The molecule has 0 aliphatic heterocycles. The molecule has 0 fully saturated rings. The van der Waals surface area contributed by atoms with Crippen LogP contribution in [0.25, 0.3) is 21.5 Å². The van der Waals surface area contributed by atoms with Gasteiger partial charge in [0, 0.05) is 11.3 Å². The standard InChI is InChI=1S/C21H16F3N3OS2/c1-12-25-18-19(30-12)17(14-6-4-8-16(10-14)28-2)26-27-20(18)29-11-13-5-3-7-15(9-13)21(22,23)24/h3-10H,11H2,1-2H3.